The van der Waals surface area contributed by atoms with Gasteiger partial charge in [-0.3, -0.25) is 4.57 Å². The van der Waals surface area contributed by atoms with Gasteiger partial charge >= 0.3 is 18.3 Å². The van der Waals surface area contributed by atoms with Gasteiger partial charge in [-0.1, -0.05) is 6.58 Å². The molecule has 1 aromatic carbocycles. The lowest BCUT2D eigenvalue weighted by molar-refractivity contribution is -0.143. The number of allylic oxidation sites excluding steroid dienone is 1. The van der Waals surface area contributed by atoms with Crippen LogP contribution >= 0.6 is 0 Å². The second-order valence-electron chi connectivity index (χ2n) is 5.88. The molecule has 0 aliphatic heterocycles. The summed E-state index contributed by atoms with van der Waals surface area (Å²) in [5.74, 6) is -1.09. The molecule has 0 saturated carbocycles. The van der Waals surface area contributed by atoms with Crippen molar-refractivity contribution >= 4 is 11.7 Å². The van der Waals surface area contributed by atoms with Crippen LogP contribution in [0, 0.1) is 6.92 Å². The Kier molecular flexibility index (Phi) is 6.10. The summed E-state index contributed by atoms with van der Waals surface area (Å²) in [4.78, 5) is 15.5. The van der Waals surface area contributed by atoms with Gasteiger partial charge < -0.3 is 10.4 Å². The van der Waals surface area contributed by atoms with Gasteiger partial charge in [0.25, 0.3) is 0 Å². The molecule has 2 N–H and O–H groups in total. The fourth-order valence-electron chi connectivity index (χ4n) is 2.53. The van der Waals surface area contributed by atoms with Gasteiger partial charge in [-0.15, -0.1) is 0 Å². The van der Waals surface area contributed by atoms with Crippen molar-refractivity contribution in [3.8, 4) is 0 Å². The SMILES string of the molecule is C=C/C(NCc1cc(C(F)(F)F)cc(C(F)(F)F)c1)=C(/C(=O)O)n1ccnc1C. The minimum Gasteiger partial charge on any atom is -0.476 e. The summed E-state index contributed by atoms with van der Waals surface area (Å²) in [6.07, 6.45) is -6.18. The smallest absolute Gasteiger partial charge is 0.416 e. The van der Waals surface area contributed by atoms with E-state index < -0.39 is 36.0 Å². The van der Waals surface area contributed by atoms with Crippen LogP contribution in [0.25, 0.3) is 5.70 Å². The number of hydrogen-bond donors (Lipinski definition) is 2. The first-order valence-electron chi connectivity index (χ1n) is 7.97. The third-order valence-corrected chi connectivity index (χ3v) is 3.86. The predicted octanol–water partition coefficient (Wildman–Crippen LogP) is 4.46. The van der Waals surface area contributed by atoms with E-state index >= 15 is 0 Å². The third-order valence-electron chi connectivity index (χ3n) is 3.86. The first-order valence-corrected chi connectivity index (χ1v) is 7.97. The molecule has 0 unspecified atom stereocenters. The van der Waals surface area contributed by atoms with Crippen LogP contribution < -0.4 is 5.32 Å². The number of carbonyl (C=O) groups is 1. The standard InChI is InChI=1S/C18H15F6N3O2/c1-3-14(15(16(28)29)27-5-4-25-10(27)2)26-9-11-6-12(17(19,20)21)8-13(7-11)18(22,23)24/h3-8,26H,1,9H2,2H3,(H,28,29)/b15-14+. The van der Waals surface area contributed by atoms with E-state index in [0.717, 1.165) is 6.08 Å². The van der Waals surface area contributed by atoms with Gasteiger partial charge in [0.1, 0.15) is 5.82 Å². The van der Waals surface area contributed by atoms with E-state index in [1.807, 2.05) is 0 Å². The lowest BCUT2D eigenvalue weighted by Crippen LogP contribution is -2.21. The lowest BCUT2D eigenvalue weighted by atomic mass is 10.0. The van der Waals surface area contributed by atoms with E-state index in [0.29, 0.717) is 18.0 Å². The highest BCUT2D eigenvalue weighted by atomic mass is 19.4. The van der Waals surface area contributed by atoms with Crippen LogP contribution in [0.5, 0.6) is 0 Å². The Bertz CT molecular complexity index is 925. The third kappa shape index (κ3) is 5.18. The summed E-state index contributed by atoms with van der Waals surface area (Å²) in [7, 11) is 0. The second-order valence-corrected chi connectivity index (χ2v) is 5.88. The van der Waals surface area contributed by atoms with Gasteiger partial charge in [-0.25, -0.2) is 9.78 Å². The van der Waals surface area contributed by atoms with Crippen LogP contribution in [0.2, 0.25) is 0 Å². The number of aryl methyl sites for hydroxylation is 1. The first kappa shape index (κ1) is 22.1. The molecule has 0 fully saturated rings. The van der Waals surface area contributed by atoms with E-state index in [-0.39, 0.29) is 23.0 Å². The summed E-state index contributed by atoms with van der Waals surface area (Å²) in [6.45, 7) is 4.47. The Labute approximate surface area is 161 Å². The molecular weight excluding hydrogens is 404 g/mol. The zero-order valence-electron chi connectivity index (χ0n) is 14.9. The molecule has 0 saturated heterocycles. The Morgan fingerprint density at radius 2 is 1.72 bits per heavy atom. The van der Waals surface area contributed by atoms with Crippen LogP contribution in [0.4, 0.5) is 26.3 Å². The number of aromatic nitrogens is 2. The average molecular weight is 419 g/mol. The molecular formula is C18H15F6N3O2. The number of nitrogens with one attached hydrogen (secondary N) is 1. The summed E-state index contributed by atoms with van der Waals surface area (Å²) in [5, 5.41) is 12.0. The first-order chi connectivity index (χ1) is 13.3. The number of alkyl halides is 6. The molecule has 5 nitrogen and oxygen atoms in total. The number of aliphatic carboxylic acids is 1. The number of imidazole rings is 1. The molecule has 1 heterocycles. The summed E-state index contributed by atoms with van der Waals surface area (Å²) in [5.41, 5.74) is -3.70. The van der Waals surface area contributed by atoms with Crippen molar-refractivity contribution < 1.29 is 36.2 Å². The minimum absolute atomic E-state index is 0.0191. The number of nitrogens with zero attached hydrogens (tertiary/aromatic N) is 2. The highest BCUT2D eigenvalue weighted by Crippen LogP contribution is 2.36. The van der Waals surface area contributed by atoms with Gasteiger partial charge in [0, 0.05) is 18.9 Å². The fraction of sp³-hybridized carbons (Fsp3) is 0.222. The topological polar surface area (TPSA) is 67.2 Å². The molecule has 0 aliphatic rings. The quantitative estimate of drug-likeness (QED) is 0.412. The Hall–Kier alpha value is -3.24. The van der Waals surface area contributed by atoms with Crippen LogP contribution in [0.15, 0.2) is 48.9 Å². The Morgan fingerprint density at radius 3 is 2.10 bits per heavy atom. The van der Waals surface area contributed by atoms with Crippen molar-refractivity contribution in [1.29, 1.82) is 0 Å². The second kappa shape index (κ2) is 8.02. The summed E-state index contributed by atoms with van der Waals surface area (Å²) >= 11 is 0. The van der Waals surface area contributed by atoms with Crippen molar-refractivity contribution in [3.63, 3.8) is 0 Å². The number of halogens is 6. The van der Waals surface area contributed by atoms with Crippen LogP contribution in [-0.2, 0) is 23.7 Å². The molecule has 0 spiro atoms. The molecule has 0 radical (unpaired) electrons. The minimum atomic E-state index is -4.98. The highest BCUT2D eigenvalue weighted by Gasteiger charge is 2.36. The molecule has 11 heteroatoms. The maximum Gasteiger partial charge on any atom is 0.416 e. The number of carboxylic acids is 1. The van der Waals surface area contributed by atoms with Gasteiger partial charge in [0.2, 0.25) is 0 Å². The zero-order valence-corrected chi connectivity index (χ0v) is 14.9. The van der Waals surface area contributed by atoms with E-state index in [4.69, 9.17) is 0 Å². The molecule has 0 aliphatic carbocycles. The van der Waals surface area contributed by atoms with Crippen LogP contribution in [0.3, 0.4) is 0 Å². The molecule has 2 rings (SSSR count). The van der Waals surface area contributed by atoms with Crippen molar-refractivity contribution in [3.05, 3.63) is 71.5 Å². The number of benzene rings is 1. The largest absolute Gasteiger partial charge is 0.476 e. The van der Waals surface area contributed by atoms with Crippen molar-refractivity contribution in [2.24, 2.45) is 0 Å². The molecule has 156 valence electrons. The molecule has 0 amide bonds. The number of carboxylic acid groups (broad SMARTS) is 1. The molecule has 0 bridgehead atoms. The summed E-state index contributed by atoms with van der Waals surface area (Å²) < 4.78 is 79.0. The van der Waals surface area contributed by atoms with Crippen molar-refractivity contribution in [1.82, 2.24) is 14.9 Å². The van der Waals surface area contributed by atoms with Crippen molar-refractivity contribution in [2.45, 2.75) is 25.8 Å². The fourth-order valence-corrected chi connectivity index (χ4v) is 2.53. The zero-order chi connectivity index (χ0) is 22.0. The Balaban J connectivity index is 2.46. The molecule has 29 heavy (non-hydrogen) atoms. The van der Waals surface area contributed by atoms with Gasteiger partial charge in [-0.2, -0.15) is 26.3 Å². The predicted molar refractivity (Wildman–Crippen MR) is 91.3 cm³/mol. The van der Waals surface area contributed by atoms with Crippen LogP contribution in [0.1, 0.15) is 22.5 Å². The average Bonchev–Trinajstić information content (AvgIpc) is 3.01. The van der Waals surface area contributed by atoms with Gasteiger partial charge in [-0.05, 0) is 36.8 Å². The molecule has 1 aromatic heterocycles. The Morgan fingerprint density at radius 1 is 1.17 bits per heavy atom. The highest BCUT2D eigenvalue weighted by molar-refractivity contribution is 6.10. The van der Waals surface area contributed by atoms with Gasteiger partial charge in [0.15, 0.2) is 5.70 Å². The van der Waals surface area contributed by atoms with Gasteiger partial charge in [0.05, 0.1) is 16.8 Å². The van der Waals surface area contributed by atoms with E-state index in [1.165, 1.54) is 23.9 Å². The van der Waals surface area contributed by atoms with E-state index in [9.17, 15) is 36.2 Å². The van der Waals surface area contributed by atoms with E-state index in [1.54, 1.807) is 0 Å². The monoisotopic (exact) mass is 419 g/mol. The molecule has 2 aromatic rings. The molecule has 0 atom stereocenters. The van der Waals surface area contributed by atoms with Crippen LogP contribution in [-0.4, -0.2) is 20.6 Å². The van der Waals surface area contributed by atoms with Crippen molar-refractivity contribution in [2.75, 3.05) is 0 Å². The number of rotatable bonds is 6. The normalized spacial score (nSPS) is 13.1. The maximum absolute atomic E-state index is 13.0. The summed E-state index contributed by atoms with van der Waals surface area (Å²) in [6, 6.07) is 1.14. The van der Waals surface area contributed by atoms with E-state index in [2.05, 4.69) is 16.9 Å². The maximum atomic E-state index is 13.0. The number of hydrogen-bond acceptors (Lipinski definition) is 3. The lowest BCUT2D eigenvalue weighted by Gasteiger charge is -2.16.